The molecule has 20 nitrogen and oxygen atoms in total. The molecule has 75 heavy (non-hydrogen) atoms. The average molecular weight is 1170 g/mol. The summed E-state index contributed by atoms with van der Waals surface area (Å²) in [5.74, 6) is -5.01. The summed E-state index contributed by atoms with van der Waals surface area (Å²) in [4.78, 5) is 112. The van der Waals surface area contributed by atoms with Crippen LogP contribution in [0.25, 0.3) is 0 Å². The Kier molecular flexibility index (Phi) is 25.5. The third-order valence-corrected chi connectivity index (χ3v) is 27.8. The van der Waals surface area contributed by atoms with Crippen LogP contribution in [-0.2, 0) is 61.9 Å². The number of aliphatic imine (C=N–C) groups is 1. The molecule has 2 aliphatic rings. The molecule has 0 spiro atoms. The number of carbonyl (C=O) groups excluding carboxylic acids is 8. The van der Waals surface area contributed by atoms with Crippen LogP contribution >= 0.6 is 0 Å². The number of methoxy groups -OCH3 is 1. The van der Waals surface area contributed by atoms with Crippen LogP contribution in [0.1, 0.15) is 155 Å². The van der Waals surface area contributed by atoms with Gasteiger partial charge in [0.05, 0.1) is 6.54 Å². The quantitative estimate of drug-likeness (QED) is 0.0290. The molecule has 2 saturated heterocycles. The summed E-state index contributed by atoms with van der Waals surface area (Å²) >= 11 is -2.84. The van der Waals surface area contributed by atoms with Gasteiger partial charge in [-0.3, -0.25) is 28.8 Å². The first kappa shape index (κ1) is 64.5. The molecule has 1 aromatic rings. The second kappa shape index (κ2) is 29.6. The van der Waals surface area contributed by atoms with Crippen LogP contribution in [0.4, 0.5) is 4.79 Å². The number of nitrogens with one attached hydrogen (secondary N) is 2. The van der Waals surface area contributed by atoms with Crippen LogP contribution in [0.5, 0.6) is 5.75 Å². The molecule has 422 valence electrons. The zero-order chi connectivity index (χ0) is 56.3. The van der Waals surface area contributed by atoms with E-state index in [0.29, 0.717) is 28.7 Å². The van der Waals surface area contributed by atoms with Crippen molar-refractivity contribution in [2.75, 3.05) is 38.0 Å². The predicted molar refractivity (Wildman–Crippen MR) is 282 cm³/mol. The van der Waals surface area contributed by atoms with Gasteiger partial charge in [-0.1, -0.05) is 0 Å². The van der Waals surface area contributed by atoms with E-state index >= 15 is 0 Å². The molecule has 0 radical (unpaired) electrons. The first-order valence-corrected chi connectivity index (χ1v) is 34.5. The molecule has 0 saturated carbocycles. The van der Waals surface area contributed by atoms with Crippen LogP contribution in [0.15, 0.2) is 17.1 Å². The van der Waals surface area contributed by atoms with Crippen molar-refractivity contribution in [3.05, 3.63) is 28.8 Å². The van der Waals surface area contributed by atoms with Gasteiger partial charge in [-0.15, -0.1) is 0 Å². The number of ether oxygens (including phenoxy) is 8. The summed E-state index contributed by atoms with van der Waals surface area (Å²) in [6.07, 6.45) is 1.18. The van der Waals surface area contributed by atoms with E-state index in [0.717, 1.165) is 66.4 Å². The van der Waals surface area contributed by atoms with Crippen LogP contribution in [-0.4, -0.2) is 162 Å². The molecule has 0 aliphatic carbocycles. The molecular weight excluding hydrogens is 1080 g/mol. The Morgan fingerprint density at radius 2 is 1.45 bits per heavy atom. The molecule has 3 rings (SSSR count). The third-order valence-electron chi connectivity index (χ3n) is 13.4. The van der Waals surface area contributed by atoms with E-state index in [1.165, 1.54) is 45.5 Å². The third kappa shape index (κ3) is 19.9. The van der Waals surface area contributed by atoms with E-state index in [1.807, 2.05) is 0 Å². The average Bonchev–Trinajstić information content (AvgIpc) is 3.74. The number of rotatable bonds is 27. The fraction of sp³-hybridized carbons (Fsp3) is 0.722. The molecule has 0 bridgehead atoms. The number of benzene rings is 1. The number of aryl methyl sites for hydroxylation is 2. The Morgan fingerprint density at radius 3 is 1.95 bits per heavy atom. The molecule has 2 fully saturated rings. The van der Waals surface area contributed by atoms with Gasteiger partial charge < -0.3 is 14.8 Å². The van der Waals surface area contributed by atoms with Crippen molar-refractivity contribution in [2.24, 2.45) is 4.99 Å². The van der Waals surface area contributed by atoms with Gasteiger partial charge in [0, 0.05) is 40.2 Å². The number of unbranched alkanes of at least 4 members (excludes halogenated alkanes) is 3. The molecule has 0 aromatic heterocycles. The first-order chi connectivity index (χ1) is 35.2. The number of hydrogen-bond acceptors (Lipinski definition) is 17. The van der Waals surface area contributed by atoms with Gasteiger partial charge in [0.1, 0.15) is 5.75 Å². The van der Waals surface area contributed by atoms with E-state index in [4.69, 9.17) is 42.9 Å². The van der Waals surface area contributed by atoms with Crippen molar-refractivity contribution >= 4 is 72.3 Å². The molecule has 2 heterocycles. The Labute approximate surface area is 448 Å². The second-order valence-electron chi connectivity index (χ2n) is 21.3. The number of hydrogen-bond donors (Lipinski definition) is 2. The van der Waals surface area contributed by atoms with Crippen LogP contribution < -0.4 is 15.4 Å². The van der Waals surface area contributed by atoms with Gasteiger partial charge in [0.15, 0.2) is 0 Å². The number of carbonyl (C=O) groups is 8. The van der Waals surface area contributed by atoms with Gasteiger partial charge in [-0.05, 0) is 37.1 Å². The summed E-state index contributed by atoms with van der Waals surface area (Å²) in [5.41, 5.74) is -2.68. The molecule has 7 atom stereocenters. The van der Waals surface area contributed by atoms with Crippen LogP contribution in [0.3, 0.4) is 0 Å². The van der Waals surface area contributed by atoms with E-state index in [2.05, 4.69) is 31.4 Å². The molecular formula is C54H86N4O16Sn. The molecule has 21 heteroatoms. The maximum absolute atomic E-state index is 14.4. The SMILES string of the molecule is CCC[CH2][Sn]([CH2]CCC)([CH2]CCC)[CH2]OCC1(/N=C/C[C@]2(C(=O)OC)C[C@H](OC(C)=O)[C@@H](NC(C)=O)[C@H]([C@H](OC(C)=O)[C@@H](CNC(=O)c3cc(C)c(OC(C)=O)c(C)c3)OC(C)=O)O2)CCN(C(=O)OC(C)(C)C)C1. The number of likely N-dealkylation sites (tertiary alicyclic amines) is 1. The van der Waals surface area contributed by atoms with Gasteiger partial charge >= 0.3 is 305 Å². The predicted octanol–water partition coefficient (Wildman–Crippen LogP) is 7.20. The van der Waals surface area contributed by atoms with Gasteiger partial charge in [0.25, 0.3) is 5.91 Å². The summed E-state index contributed by atoms with van der Waals surface area (Å²) in [6, 6.07) is 1.65. The molecule has 2 N–H and O–H groups in total. The Morgan fingerprint density at radius 1 is 0.867 bits per heavy atom. The van der Waals surface area contributed by atoms with E-state index in [9.17, 15) is 38.4 Å². The summed E-state index contributed by atoms with van der Waals surface area (Å²) in [7, 11) is 1.14. The van der Waals surface area contributed by atoms with Crippen molar-refractivity contribution in [1.29, 1.82) is 0 Å². The topological polar surface area (TPSA) is 250 Å². The van der Waals surface area contributed by atoms with E-state index in [-0.39, 0.29) is 30.9 Å². The number of amides is 3. The summed E-state index contributed by atoms with van der Waals surface area (Å²) in [6.45, 7) is 21.3. The van der Waals surface area contributed by atoms with Gasteiger partial charge in [0.2, 0.25) is 5.91 Å². The molecule has 1 aromatic carbocycles. The maximum atomic E-state index is 14.4. The number of nitrogens with zero attached hydrogens (tertiary/aromatic N) is 2. The van der Waals surface area contributed by atoms with Gasteiger partial charge in [-0.25, -0.2) is 0 Å². The fourth-order valence-corrected chi connectivity index (χ4v) is 24.3. The normalized spacial score (nSPS) is 21.6. The van der Waals surface area contributed by atoms with Crippen molar-refractivity contribution in [3.63, 3.8) is 0 Å². The Balaban J connectivity index is 2.20. The number of esters is 5. The van der Waals surface area contributed by atoms with E-state index < -0.39 is 126 Å². The van der Waals surface area contributed by atoms with Crippen LogP contribution in [0.2, 0.25) is 13.3 Å². The van der Waals surface area contributed by atoms with Crippen molar-refractivity contribution < 1.29 is 76.3 Å². The van der Waals surface area contributed by atoms with Crippen LogP contribution in [0, 0.1) is 13.8 Å². The molecule has 3 amide bonds. The summed E-state index contributed by atoms with van der Waals surface area (Å²) in [5, 5.41) is 5.45. The minimum absolute atomic E-state index is 0.148. The second-order valence-corrected chi connectivity index (χ2v) is 35.0. The Bertz CT molecular complexity index is 2140. The fourth-order valence-electron chi connectivity index (χ4n) is 9.94. The first-order valence-electron chi connectivity index (χ1n) is 26.4. The Hall–Kier alpha value is -4.83. The zero-order valence-electron chi connectivity index (χ0n) is 47.1. The van der Waals surface area contributed by atoms with Crippen molar-refractivity contribution in [1.82, 2.24) is 15.5 Å². The molecule has 2 aliphatic heterocycles. The van der Waals surface area contributed by atoms with Gasteiger partial charge in [-0.2, -0.15) is 0 Å². The van der Waals surface area contributed by atoms with E-state index in [1.54, 1.807) is 39.5 Å². The van der Waals surface area contributed by atoms with Crippen molar-refractivity contribution in [2.45, 2.75) is 208 Å². The molecule has 1 unspecified atom stereocenters. The minimum atomic E-state index is -2.84. The monoisotopic (exact) mass is 1170 g/mol. The van der Waals surface area contributed by atoms with Crippen molar-refractivity contribution in [3.8, 4) is 5.75 Å². The standard InChI is InChI=1S/C42H59N4O16.3C4H9.Sn/c1-23-17-30(18-24(2)34(23)59-28(6)50)37(52)43-20-32(58-27(5)49)35(60-29(7)51)36-33(45-25(3)47)31(57-26(4)48)19-42(61-36,38(53)56-12)13-15-44-41(22-55-11)14-16-46(21-41)39(54)62-40(8,9)10;3*1-3-4-2;/h15,17-18,31-33,35-36H,11,13-14,16,19-22H2,1-10,12H3,(H,43,52)(H,45,47);3*1,3-4H2,2H3;/b44-15+;;;;/t31-,32+,33+,35+,36+,41?,42+;;;;/m0..../s1. The summed E-state index contributed by atoms with van der Waals surface area (Å²) < 4.78 is 52.0. The zero-order valence-corrected chi connectivity index (χ0v) is 49.9.